The van der Waals surface area contributed by atoms with Crippen LogP contribution in [0.2, 0.25) is 0 Å². The zero-order chi connectivity index (χ0) is 15.4. The fourth-order valence-corrected chi connectivity index (χ4v) is 3.02. The molecule has 0 aliphatic heterocycles. The third kappa shape index (κ3) is 2.93. The minimum absolute atomic E-state index is 0.489. The fourth-order valence-electron chi connectivity index (χ4n) is 3.02. The van der Waals surface area contributed by atoms with Crippen LogP contribution < -0.4 is 11.1 Å². The normalized spacial score (nSPS) is 16.6. The van der Waals surface area contributed by atoms with Gasteiger partial charge in [0.15, 0.2) is 0 Å². The third-order valence-corrected chi connectivity index (χ3v) is 4.25. The predicted octanol–water partition coefficient (Wildman–Crippen LogP) is 3.32. The molecular weight excluding hydrogens is 274 g/mol. The van der Waals surface area contributed by atoms with Crippen LogP contribution in [-0.4, -0.2) is 22.2 Å². The van der Waals surface area contributed by atoms with Crippen LogP contribution in [0.4, 0.5) is 5.82 Å². The lowest BCUT2D eigenvalue weighted by Crippen LogP contribution is -2.23. The van der Waals surface area contributed by atoms with Crippen LogP contribution in [0.15, 0.2) is 30.7 Å². The summed E-state index contributed by atoms with van der Waals surface area (Å²) in [6.07, 6.45) is 10.6. The Labute approximate surface area is 130 Å². The number of hydrogen-bond donors (Lipinski definition) is 3. The summed E-state index contributed by atoms with van der Waals surface area (Å²) in [7, 11) is 0. The Morgan fingerprint density at radius 1 is 1.23 bits per heavy atom. The number of allylic oxidation sites excluding steroid dienone is 1. The van der Waals surface area contributed by atoms with E-state index in [9.17, 15) is 0 Å². The monoisotopic (exact) mass is 295 g/mol. The quantitative estimate of drug-likeness (QED) is 0.755. The lowest BCUT2D eigenvalue weighted by Gasteiger charge is -2.23. The largest absolute Gasteiger partial charge is 0.404 e. The molecule has 1 saturated carbocycles. The molecule has 1 aromatic heterocycles. The van der Waals surface area contributed by atoms with Crippen LogP contribution in [0.5, 0.6) is 0 Å². The van der Waals surface area contributed by atoms with Gasteiger partial charge in [-0.2, -0.15) is 0 Å². The first-order valence-electron chi connectivity index (χ1n) is 7.76. The smallest absolute Gasteiger partial charge is 0.137 e. The number of nitrogens with two attached hydrogens (primary N) is 1. The second-order valence-corrected chi connectivity index (χ2v) is 5.70. The molecule has 3 rings (SSSR count). The Balaban J connectivity index is 1.98. The molecule has 0 bridgehead atoms. The van der Waals surface area contributed by atoms with Crippen molar-refractivity contribution in [1.29, 1.82) is 5.41 Å². The second-order valence-electron chi connectivity index (χ2n) is 5.70. The van der Waals surface area contributed by atoms with Crippen LogP contribution in [-0.2, 0) is 0 Å². The van der Waals surface area contributed by atoms with E-state index in [1.54, 1.807) is 6.33 Å². The van der Waals surface area contributed by atoms with Crippen molar-refractivity contribution in [3.8, 4) is 0 Å². The van der Waals surface area contributed by atoms with Gasteiger partial charge in [0.2, 0.25) is 0 Å². The molecule has 2 aromatic rings. The summed E-state index contributed by atoms with van der Waals surface area (Å²) in [5, 5.41) is 12.0. The summed E-state index contributed by atoms with van der Waals surface area (Å²) in [6, 6.07) is 6.38. The van der Waals surface area contributed by atoms with Gasteiger partial charge >= 0.3 is 0 Å². The van der Waals surface area contributed by atoms with E-state index < -0.39 is 0 Å². The molecule has 0 spiro atoms. The molecule has 1 fully saturated rings. The summed E-state index contributed by atoms with van der Waals surface area (Å²) in [5.74, 6) is 0.875. The first-order chi connectivity index (χ1) is 10.8. The molecule has 114 valence electrons. The van der Waals surface area contributed by atoms with Gasteiger partial charge in [0.05, 0.1) is 5.52 Å². The van der Waals surface area contributed by atoms with Crippen molar-refractivity contribution in [2.75, 3.05) is 5.32 Å². The summed E-state index contributed by atoms with van der Waals surface area (Å²) < 4.78 is 0. The maximum absolute atomic E-state index is 7.44. The predicted molar refractivity (Wildman–Crippen MR) is 91.0 cm³/mol. The average molecular weight is 295 g/mol. The molecule has 5 nitrogen and oxygen atoms in total. The van der Waals surface area contributed by atoms with E-state index in [0.29, 0.717) is 11.6 Å². The van der Waals surface area contributed by atoms with Crippen molar-refractivity contribution in [2.24, 2.45) is 5.73 Å². The molecule has 1 heterocycles. The van der Waals surface area contributed by atoms with Gasteiger partial charge in [0, 0.05) is 29.4 Å². The van der Waals surface area contributed by atoms with Crippen molar-refractivity contribution >= 4 is 28.5 Å². The summed E-state index contributed by atoms with van der Waals surface area (Å²) in [5.41, 5.74) is 8.09. The van der Waals surface area contributed by atoms with Gasteiger partial charge in [0.1, 0.15) is 12.1 Å². The average Bonchev–Trinajstić information content (AvgIpc) is 2.57. The van der Waals surface area contributed by atoms with Crippen molar-refractivity contribution in [3.05, 3.63) is 36.3 Å². The summed E-state index contributed by atoms with van der Waals surface area (Å²) in [4.78, 5) is 8.75. The molecule has 0 amide bonds. The first-order valence-corrected chi connectivity index (χ1v) is 7.76. The van der Waals surface area contributed by atoms with E-state index in [4.69, 9.17) is 11.1 Å². The molecule has 0 radical (unpaired) electrons. The van der Waals surface area contributed by atoms with Crippen molar-refractivity contribution in [3.63, 3.8) is 0 Å². The lowest BCUT2D eigenvalue weighted by atomic mass is 9.95. The standard InChI is InChI=1S/C17H21N5/c18-9-13(10-19)12-6-7-16-15(8-12)17(21-11-20-16)22-14-4-2-1-3-5-14/h6-11,14,18H,1-5,19H2,(H,20,21,22). The second kappa shape index (κ2) is 6.56. The zero-order valence-corrected chi connectivity index (χ0v) is 12.5. The number of rotatable bonds is 4. The van der Waals surface area contributed by atoms with Crippen LogP contribution in [0, 0.1) is 5.41 Å². The van der Waals surface area contributed by atoms with E-state index in [1.165, 1.54) is 44.5 Å². The molecule has 5 heteroatoms. The summed E-state index contributed by atoms with van der Waals surface area (Å²) in [6.45, 7) is 0. The molecule has 0 saturated heterocycles. The van der Waals surface area contributed by atoms with Gasteiger partial charge in [-0.05, 0) is 30.5 Å². The number of hydrogen-bond acceptors (Lipinski definition) is 5. The Morgan fingerprint density at radius 2 is 2.05 bits per heavy atom. The Bertz CT molecular complexity index is 701. The number of nitrogens with one attached hydrogen (secondary N) is 2. The van der Waals surface area contributed by atoms with Gasteiger partial charge in [-0.1, -0.05) is 25.3 Å². The molecule has 1 aliphatic rings. The van der Waals surface area contributed by atoms with Gasteiger partial charge in [-0.25, -0.2) is 9.97 Å². The molecule has 1 aromatic carbocycles. The lowest BCUT2D eigenvalue weighted by molar-refractivity contribution is 0.462. The number of benzene rings is 1. The Kier molecular flexibility index (Phi) is 4.32. The number of anilines is 1. The number of nitrogens with zero attached hydrogens (tertiary/aromatic N) is 2. The minimum atomic E-state index is 0.489. The molecule has 22 heavy (non-hydrogen) atoms. The molecule has 0 unspecified atom stereocenters. The van der Waals surface area contributed by atoms with Crippen molar-refractivity contribution < 1.29 is 0 Å². The van der Waals surface area contributed by atoms with Gasteiger partial charge in [-0.15, -0.1) is 0 Å². The van der Waals surface area contributed by atoms with Crippen LogP contribution in [0.3, 0.4) is 0 Å². The first kappa shape index (κ1) is 14.5. The van der Waals surface area contributed by atoms with Gasteiger partial charge < -0.3 is 16.5 Å². The van der Waals surface area contributed by atoms with E-state index >= 15 is 0 Å². The van der Waals surface area contributed by atoms with Crippen LogP contribution in [0.1, 0.15) is 37.7 Å². The maximum Gasteiger partial charge on any atom is 0.137 e. The van der Waals surface area contributed by atoms with E-state index in [1.807, 2.05) is 18.2 Å². The minimum Gasteiger partial charge on any atom is -0.404 e. The molecule has 0 atom stereocenters. The zero-order valence-electron chi connectivity index (χ0n) is 12.5. The SMILES string of the molecule is N=CC(=CN)c1ccc2ncnc(NC3CCCCC3)c2c1. The fraction of sp³-hybridized carbons (Fsp3) is 0.353. The Morgan fingerprint density at radius 3 is 2.77 bits per heavy atom. The maximum atomic E-state index is 7.44. The van der Waals surface area contributed by atoms with E-state index in [-0.39, 0.29) is 0 Å². The topological polar surface area (TPSA) is 87.7 Å². The molecular formula is C17H21N5. The van der Waals surface area contributed by atoms with E-state index in [0.717, 1.165) is 22.3 Å². The van der Waals surface area contributed by atoms with E-state index in [2.05, 4.69) is 15.3 Å². The van der Waals surface area contributed by atoms with Gasteiger partial charge in [-0.3, -0.25) is 0 Å². The number of aromatic nitrogens is 2. The van der Waals surface area contributed by atoms with Gasteiger partial charge in [0.25, 0.3) is 0 Å². The van der Waals surface area contributed by atoms with Crippen LogP contribution >= 0.6 is 0 Å². The highest BCUT2D eigenvalue weighted by atomic mass is 15.0. The molecule has 4 N–H and O–H groups in total. The summed E-state index contributed by atoms with van der Waals surface area (Å²) >= 11 is 0. The highest BCUT2D eigenvalue weighted by Gasteiger charge is 2.15. The van der Waals surface area contributed by atoms with Crippen LogP contribution in [0.25, 0.3) is 16.5 Å². The number of fused-ring (bicyclic) bond motifs is 1. The Hall–Kier alpha value is -2.43. The molecule has 1 aliphatic carbocycles. The third-order valence-electron chi connectivity index (χ3n) is 4.25. The van der Waals surface area contributed by atoms with Crippen molar-refractivity contribution in [1.82, 2.24) is 9.97 Å². The highest BCUT2D eigenvalue weighted by Crippen LogP contribution is 2.27. The highest BCUT2D eigenvalue weighted by molar-refractivity contribution is 6.09. The van der Waals surface area contributed by atoms with Crippen molar-refractivity contribution in [2.45, 2.75) is 38.1 Å².